The predicted octanol–water partition coefficient (Wildman–Crippen LogP) is 4.35. The molecule has 0 heterocycles. The van der Waals surface area contributed by atoms with Crippen LogP contribution >= 0.6 is 23.2 Å². The molecule has 2 aromatic carbocycles. The minimum Gasteiger partial charge on any atom is -0.491 e. The van der Waals surface area contributed by atoms with Crippen LogP contribution in [0, 0.1) is 13.8 Å². The van der Waals surface area contributed by atoms with Crippen LogP contribution in [0.2, 0.25) is 10.0 Å². The molecule has 30 heavy (non-hydrogen) atoms. The molecule has 2 aromatic rings. The number of nitrogens with zero attached hydrogens (tertiary/aromatic N) is 1. The van der Waals surface area contributed by atoms with Gasteiger partial charge in [-0.05, 0) is 55.7 Å². The molecule has 164 valence electrons. The molecule has 0 bridgehead atoms. The summed E-state index contributed by atoms with van der Waals surface area (Å²) in [5.74, 6) is 0.309. The van der Waals surface area contributed by atoms with Crippen LogP contribution in [0.15, 0.2) is 36.4 Å². The van der Waals surface area contributed by atoms with Gasteiger partial charge in [-0.1, -0.05) is 42.3 Å². The van der Waals surface area contributed by atoms with Crippen molar-refractivity contribution in [3.05, 3.63) is 57.6 Å². The molecule has 2 rings (SSSR count). The summed E-state index contributed by atoms with van der Waals surface area (Å²) in [7, 11) is -3.80. The number of nitrogens with one attached hydrogen (secondary N) is 1. The summed E-state index contributed by atoms with van der Waals surface area (Å²) < 4.78 is 31.8. The van der Waals surface area contributed by atoms with Gasteiger partial charge in [-0.15, -0.1) is 0 Å². The van der Waals surface area contributed by atoms with Crippen molar-refractivity contribution in [1.29, 1.82) is 0 Å². The van der Waals surface area contributed by atoms with Crippen LogP contribution in [0.5, 0.6) is 5.75 Å². The number of ether oxygens (including phenoxy) is 1. The Hall–Kier alpha value is -1.96. The number of rotatable bonds is 9. The van der Waals surface area contributed by atoms with Crippen LogP contribution in [0.4, 0.5) is 5.69 Å². The minimum atomic E-state index is -3.80. The fraction of sp³-hybridized carbons (Fsp3) is 0.381. The largest absolute Gasteiger partial charge is 0.491 e. The van der Waals surface area contributed by atoms with Gasteiger partial charge in [0, 0.05) is 5.02 Å². The number of hydrogen-bond acceptors (Lipinski definition) is 4. The van der Waals surface area contributed by atoms with Crippen LogP contribution in [-0.2, 0) is 14.8 Å². The minimum absolute atomic E-state index is 0.167. The molecule has 6 nitrogen and oxygen atoms in total. The third-order valence-electron chi connectivity index (χ3n) is 4.48. The second-order valence-electron chi connectivity index (χ2n) is 6.99. The second-order valence-corrected chi connectivity index (χ2v) is 9.69. The molecule has 0 spiro atoms. The smallest absolute Gasteiger partial charge is 0.244 e. The Labute approximate surface area is 188 Å². The topological polar surface area (TPSA) is 75.7 Å². The molecule has 0 aliphatic heterocycles. The molecule has 0 unspecified atom stereocenters. The Morgan fingerprint density at radius 1 is 1.17 bits per heavy atom. The maximum atomic E-state index is 12.8. The quantitative estimate of drug-likeness (QED) is 0.550. The molecule has 0 radical (unpaired) electrons. The van der Waals surface area contributed by atoms with E-state index in [-0.39, 0.29) is 30.3 Å². The molecule has 0 saturated carbocycles. The molecule has 0 saturated heterocycles. The maximum Gasteiger partial charge on any atom is 0.244 e. The zero-order chi connectivity index (χ0) is 22.5. The third-order valence-corrected chi connectivity index (χ3v) is 6.20. The fourth-order valence-electron chi connectivity index (χ4n) is 3.01. The SMILES string of the molecule is CC[C@@H](C(=O)NCCOc1cc(C)ccc1C)N(c1cc(Cl)ccc1Cl)S(C)(=O)=O. The van der Waals surface area contributed by atoms with Gasteiger partial charge >= 0.3 is 0 Å². The Bertz CT molecular complexity index is 1010. The number of aryl methyl sites for hydroxylation is 2. The van der Waals surface area contributed by atoms with E-state index in [1.54, 1.807) is 13.0 Å². The van der Waals surface area contributed by atoms with Crippen molar-refractivity contribution in [2.75, 3.05) is 23.7 Å². The van der Waals surface area contributed by atoms with Crippen molar-refractivity contribution in [2.45, 2.75) is 33.2 Å². The standard InChI is InChI=1S/C21H26Cl2N2O4S/c1-5-18(25(30(4,27)28)19-13-16(22)8-9-17(19)23)21(26)24-10-11-29-20-12-14(2)6-7-15(20)3/h6-9,12-13,18H,5,10-11H2,1-4H3,(H,24,26)/t18-/m0/s1. The van der Waals surface area contributed by atoms with E-state index in [9.17, 15) is 13.2 Å². The highest BCUT2D eigenvalue weighted by molar-refractivity contribution is 7.92. The van der Waals surface area contributed by atoms with E-state index in [0.717, 1.165) is 27.4 Å². The highest BCUT2D eigenvalue weighted by Gasteiger charge is 2.32. The molecular weight excluding hydrogens is 447 g/mol. The first-order valence-corrected chi connectivity index (χ1v) is 12.1. The Morgan fingerprint density at radius 3 is 2.50 bits per heavy atom. The highest BCUT2D eigenvalue weighted by atomic mass is 35.5. The van der Waals surface area contributed by atoms with Gasteiger partial charge in [-0.2, -0.15) is 0 Å². The number of halogens is 2. The van der Waals surface area contributed by atoms with E-state index in [2.05, 4.69) is 5.32 Å². The number of amides is 1. The summed E-state index contributed by atoms with van der Waals surface area (Å²) in [5.41, 5.74) is 2.24. The van der Waals surface area contributed by atoms with Crippen LogP contribution in [0.3, 0.4) is 0 Å². The summed E-state index contributed by atoms with van der Waals surface area (Å²) >= 11 is 12.2. The first-order valence-electron chi connectivity index (χ1n) is 9.46. The van der Waals surface area contributed by atoms with Crippen LogP contribution in [0.25, 0.3) is 0 Å². The average molecular weight is 473 g/mol. The molecule has 9 heteroatoms. The number of sulfonamides is 1. The maximum absolute atomic E-state index is 12.8. The lowest BCUT2D eigenvalue weighted by Crippen LogP contribution is -2.50. The van der Waals surface area contributed by atoms with Gasteiger partial charge in [0.15, 0.2) is 0 Å². The lowest BCUT2D eigenvalue weighted by molar-refractivity contribution is -0.122. The van der Waals surface area contributed by atoms with Gasteiger partial charge in [0.25, 0.3) is 0 Å². The van der Waals surface area contributed by atoms with Crippen molar-refractivity contribution < 1.29 is 17.9 Å². The number of carbonyl (C=O) groups excluding carboxylic acids is 1. The summed E-state index contributed by atoms with van der Waals surface area (Å²) in [6, 6.07) is 9.41. The van der Waals surface area contributed by atoms with Gasteiger partial charge in [-0.3, -0.25) is 9.10 Å². The zero-order valence-electron chi connectivity index (χ0n) is 17.4. The summed E-state index contributed by atoms with van der Waals surface area (Å²) in [4.78, 5) is 12.8. The number of hydrogen-bond donors (Lipinski definition) is 1. The van der Waals surface area contributed by atoms with Gasteiger partial charge in [0.05, 0.1) is 23.5 Å². The Balaban J connectivity index is 2.12. The lowest BCUT2D eigenvalue weighted by atomic mass is 10.1. The first kappa shape index (κ1) is 24.3. The molecule has 0 fully saturated rings. The van der Waals surface area contributed by atoms with Crippen molar-refractivity contribution in [2.24, 2.45) is 0 Å². The highest BCUT2D eigenvalue weighted by Crippen LogP contribution is 2.32. The van der Waals surface area contributed by atoms with Crippen LogP contribution in [-0.4, -0.2) is 39.8 Å². The van der Waals surface area contributed by atoms with Gasteiger partial charge in [-0.25, -0.2) is 8.42 Å². The second kappa shape index (κ2) is 10.4. The summed E-state index contributed by atoms with van der Waals surface area (Å²) in [6.07, 6.45) is 1.28. The van der Waals surface area contributed by atoms with Gasteiger partial charge < -0.3 is 10.1 Å². The fourth-order valence-corrected chi connectivity index (χ4v) is 4.65. The normalized spacial score (nSPS) is 12.3. The Morgan fingerprint density at radius 2 is 1.87 bits per heavy atom. The van der Waals surface area contributed by atoms with E-state index in [1.807, 2.05) is 32.0 Å². The number of anilines is 1. The molecule has 0 aliphatic rings. The van der Waals surface area contributed by atoms with E-state index < -0.39 is 22.0 Å². The number of benzene rings is 2. The van der Waals surface area contributed by atoms with Crippen molar-refractivity contribution in [1.82, 2.24) is 5.32 Å². The summed E-state index contributed by atoms with van der Waals surface area (Å²) in [6.45, 7) is 6.13. The molecule has 0 aliphatic carbocycles. The molecule has 1 amide bonds. The van der Waals surface area contributed by atoms with Gasteiger partial charge in [0.1, 0.15) is 18.4 Å². The summed E-state index contributed by atoms with van der Waals surface area (Å²) in [5, 5.41) is 3.26. The third kappa shape index (κ3) is 6.27. The van der Waals surface area contributed by atoms with Crippen LogP contribution in [0.1, 0.15) is 24.5 Å². The van der Waals surface area contributed by atoms with Gasteiger partial charge in [0.2, 0.25) is 15.9 Å². The monoisotopic (exact) mass is 472 g/mol. The first-order chi connectivity index (χ1) is 14.0. The molecule has 1 atom stereocenters. The van der Waals surface area contributed by atoms with E-state index in [0.29, 0.717) is 5.02 Å². The zero-order valence-corrected chi connectivity index (χ0v) is 19.7. The predicted molar refractivity (Wildman–Crippen MR) is 122 cm³/mol. The van der Waals surface area contributed by atoms with E-state index >= 15 is 0 Å². The van der Waals surface area contributed by atoms with E-state index in [4.69, 9.17) is 27.9 Å². The molecule has 1 N–H and O–H groups in total. The number of carbonyl (C=O) groups is 1. The average Bonchev–Trinajstić information content (AvgIpc) is 2.66. The van der Waals surface area contributed by atoms with Crippen molar-refractivity contribution in [3.8, 4) is 5.75 Å². The van der Waals surface area contributed by atoms with Crippen molar-refractivity contribution >= 4 is 44.8 Å². The Kier molecular flexibility index (Phi) is 8.41. The molecular formula is C21H26Cl2N2O4S. The lowest BCUT2D eigenvalue weighted by Gasteiger charge is -2.30. The van der Waals surface area contributed by atoms with E-state index in [1.165, 1.54) is 12.1 Å². The molecule has 0 aromatic heterocycles. The van der Waals surface area contributed by atoms with Crippen LogP contribution < -0.4 is 14.4 Å². The van der Waals surface area contributed by atoms with Crippen molar-refractivity contribution in [3.63, 3.8) is 0 Å².